The van der Waals surface area contributed by atoms with Crippen LogP contribution in [0.25, 0.3) is 0 Å². The molecule has 3 atom stereocenters. The highest BCUT2D eigenvalue weighted by atomic mass is 16.5. The van der Waals surface area contributed by atoms with Crippen LogP contribution in [0.4, 0.5) is 0 Å². The molecule has 0 aromatic heterocycles. The molecule has 1 saturated heterocycles. The normalized spacial score (nSPS) is 25.6. The van der Waals surface area contributed by atoms with Crippen molar-refractivity contribution in [2.45, 2.75) is 57.3 Å². The molecule has 4 heteroatoms. The van der Waals surface area contributed by atoms with E-state index in [1.54, 1.807) is 0 Å². The van der Waals surface area contributed by atoms with Crippen molar-refractivity contribution in [2.75, 3.05) is 32.8 Å². The molecule has 1 aliphatic heterocycles. The van der Waals surface area contributed by atoms with Crippen LogP contribution in [0, 0.1) is 0 Å². The van der Waals surface area contributed by atoms with Crippen LogP contribution in [0.5, 0.6) is 0 Å². The zero-order valence-corrected chi connectivity index (χ0v) is 14.9. The summed E-state index contributed by atoms with van der Waals surface area (Å²) < 4.78 is 6.04. The molecule has 0 saturated carbocycles. The van der Waals surface area contributed by atoms with Crippen molar-refractivity contribution in [1.29, 1.82) is 0 Å². The van der Waals surface area contributed by atoms with E-state index in [9.17, 15) is 5.11 Å². The van der Waals surface area contributed by atoms with Gasteiger partial charge in [-0.15, -0.1) is 0 Å². The maximum Gasteiger partial charge on any atom is 0.0897 e. The average Bonchev–Trinajstić information content (AvgIpc) is 3.07. The first kappa shape index (κ1) is 17.9. The Hall–Kier alpha value is -0.940. The van der Waals surface area contributed by atoms with E-state index >= 15 is 0 Å². The zero-order chi connectivity index (χ0) is 16.8. The van der Waals surface area contributed by atoms with Crippen molar-refractivity contribution >= 4 is 0 Å². The van der Waals surface area contributed by atoms with Gasteiger partial charge in [0.15, 0.2) is 0 Å². The Balaban J connectivity index is 1.38. The predicted molar refractivity (Wildman–Crippen MR) is 97.2 cm³/mol. The fourth-order valence-electron chi connectivity index (χ4n) is 4.13. The smallest absolute Gasteiger partial charge is 0.0897 e. The molecule has 1 aliphatic carbocycles. The quantitative estimate of drug-likeness (QED) is 0.768. The molecule has 0 spiro atoms. The highest BCUT2D eigenvalue weighted by molar-refractivity contribution is 5.31. The van der Waals surface area contributed by atoms with Gasteiger partial charge in [0, 0.05) is 19.1 Å². The van der Waals surface area contributed by atoms with Crippen molar-refractivity contribution in [3.63, 3.8) is 0 Å². The lowest BCUT2D eigenvalue weighted by molar-refractivity contribution is -0.0169. The molecule has 0 amide bonds. The van der Waals surface area contributed by atoms with Gasteiger partial charge in [-0.1, -0.05) is 31.2 Å². The van der Waals surface area contributed by atoms with Crippen molar-refractivity contribution in [2.24, 2.45) is 0 Å². The molecule has 134 valence electrons. The van der Waals surface area contributed by atoms with Gasteiger partial charge in [0.25, 0.3) is 0 Å². The minimum absolute atomic E-state index is 0.148. The summed E-state index contributed by atoms with van der Waals surface area (Å²) in [5.74, 6) is 0. The van der Waals surface area contributed by atoms with Crippen LogP contribution in [0.3, 0.4) is 0 Å². The van der Waals surface area contributed by atoms with Gasteiger partial charge in [0.05, 0.1) is 18.8 Å². The van der Waals surface area contributed by atoms with E-state index in [2.05, 4.69) is 41.4 Å². The number of hydrogen-bond acceptors (Lipinski definition) is 4. The Kier molecular flexibility index (Phi) is 6.67. The maximum absolute atomic E-state index is 10.2. The lowest BCUT2D eigenvalue weighted by Crippen LogP contribution is -2.41. The third-order valence-corrected chi connectivity index (χ3v) is 5.47. The number of hydrogen-bond donors (Lipinski definition) is 2. The van der Waals surface area contributed by atoms with E-state index in [1.807, 2.05) is 0 Å². The van der Waals surface area contributed by atoms with E-state index in [1.165, 1.54) is 36.9 Å². The lowest BCUT2D eigenvalue weighted by Gasteiger charge is -2.27. The fourth-order valence-corrected chi connectivity index (χ4v) is 4.13. The Bertz CT molecular complexity index is 508. The van der Waals surface area contributed by atoms with E-state index < -0.39 is 6.10 Å². The third kappa shape index (κ3) is 4.57. The Labute approximate surface area is 146 Å². The summed E-state index contributed by atoms with van der Waals surface area (Å²) in [5, 5.41) is 13.7. The summed E-state index contributed by atoms with van der Waals surface area (Å²) in [4.78, 5) is 2.52. The zero-order valence-electron chi connectivity index (χ0n) is 14.9. The largest absolute Gasteiger partial charge is 0.389 e. The monoisotopic (exact) mass is 332 g/mol. The molecule has 1 heterocycles. The van der Waals surface area contributed by atoms with E-state index in [0.29, 0.717) is 19.2 Å². The molecule has 1 fully saturated rings. The molecule has 2 N–H and O–H groups in total. The van der Waals surface area contributed by atoms with Gasteiger partial charge < -0.3 is 15.2 Å². The minimum atomic E-state index is -0.435. The van der Waals surface area contributed by atoms with Gasteiger partial charge >= 0.3 is 0 Å². The first-order valence-electron chi connectivity index (χ1n) is 9.60. The molecule has 24 heavy (non-hydrogen) atoms. The highest BCUT2D eigenvalue weighted by Crippen LogP contribution is 2.32. The topological polar surface area (TPSA) is 44.7 Å². The fraction of sp³-hybridized carbons (Fsp3) is 0.700. The van der Waals surface area contributed by atoms with Gasteiger partial charge in [-0.25, -0.2) is 0 Å². The third-order valence-electron chi connectivity index (χ3n) is 5.47. The van der Waals surface area contributed by atoms with Crippen molar-refractivity contribution in [3.05, 3.63) is 35.4 Å². The van der Waals surface area contributed by atoms with Gasteiger partial charge in [-0.3, -0.25) is 4.90 Å². The number of rotatable bonds is 8. The number of aryl methyl sites for hydroxylation is 1. The summed E-state index contributed by atoms with van der Waals surface area (Å²) in [6.45, 7) is 6.56. The molecule has 1 aromatic carbocycles. The number of aliphatic hydroxyl groups is 1. The SMILES string of the molecule is CCN1CCC[C@H]1CNC[C@@H](O)CO[C@@H]1CCCc2ccccc21. The second-order valence-electron chi connectivity index (χ2n) is 7.15. The van der Waals surface area contributed by atoms with Crippen LogP contribution in [0.1, 0.15) is 49.8 Å². The van der Waals surface area contributed by atoms with Crippen molar-refractivity contribution < 1.29 is 9.84 Å². The average molecular weight is 332 g/mol. The van der Waals surface area contributed by atoms with Gasteiger partial charge in [0.2, 0.25) is 0 Å². The van der Waals surface area contributed by atoms with Gasteiger partial charge in [-0.05, 0) is 56.3 Å². The lowest BCUT2D eigenvalue weighted by atomic mass is 9.89. The molecule has 4 nitrogen and oxygen atoms in total. The standard InChI is InChI=1S/C20H32N2O2/c1-2-22-12-6-9-17(22)13-21-14-18(23)15-24-20-11-5-8-16-7-3-4-10-19(16)20/h3-4,7,10,17-18,20-21,23H,2,5-6,8-9,11-15H2,1H3/t17-,18+,20+/m0/s1. The number of fused-ring (bicyclic) bond motifs is 1. The van der Waals surface area contributed by atoms with Crippen LogP contribution >= 0.6 is 0 Å². The van der Waals surface area contributed by atoms with Crippen LogP contribution in [0.15, 0.2) is 24.3 Å². The summed E-state index contributed by atoms with van der Waals surface area (Å²) in [6, 6.07) is 9.18. The van der Waals surface area contributed by atoms with Crippen LogP contribution < -0.4 is 5.32 Å². The van der Waals surface area contributed by atoms with Gasteiger partial charge in [0.1, 0.15) is 0 Å². The summed E-state index contributed by atoms with van der Waals surface area (Å²) in [5.41, 5.74) is 2.72. The molecule has 0 bridgehead atoms. The first-order chi connectivity index (χ1) is 11.8. The number of likely N-dealkylation sites (tertiary alicyclic amines) is 1. The Morgan fingerprint density at radius 3 is 3.04 bits per heavy atom. The molecular weight excluding hydrogens is 300 g/mol. The van der Waals surface area contributed by atoms with E-state index in [4.69, 9.17) is 4.74 Å². The second kappa shape index (κ2) is 8.95. The molecular formula is C20H32N2O2. The molecule has 0 unspecified atom stereocenters. The molecule has 2 aliphatic rings. The number of likely N-dealkylation sites (N-methyl/N-ethyl adjacent to an activating group) is 1. The maximum atomic E-state index is 10.2. The highest BCUT2D eigenvalue weighted by Gasteiger charge is 2.23. The molecule has 0 radical (unpaired) electrons. The number of nitrogens with one attached hydrogen (secondary N) is 1. The van der Waals surface area contributed by atoms with Crippen LogP contribution in [-0.2, 0) is 11.2 Å². The van der Waals surface area contributed by atoms with Crippen molar-refractivity contribution in [3.8, 4) is 0 Å². The van der Waals surface area contributed by atoms with E-state index in [0.717, 1.165) is 25.9 Å². The summed E-state index contributed by atoms with van der Waals surface area (Å²) >= 11 is 0. The summed E-state index contributed by atoms with van der Waals surface area (Å²) in [7, 11) is 0. The van der Waals surface area contributed by atoms with E-state index in [-0.39, 0.29) is 6.10 Å². The Morgan fingerprint density at radius 2 is 2.17 bits per heavy atom. The van der Waals surface area contributed by atoms with Gasteiger partial charge in [-0.2, -0.15) is 0 Å². The second-order valence-corrected chi connectivity index (χ2v) is 7.15. The molecule has 1 aromatic rings. The molecule has 3 rings (SSSR count). The Morgan fingerprint density at radius 1 is 1.29 bits per heavy atom. The number of nitrogens with zero attached hydrogens (tertiary/aromatic N) is 1. The number of aliphatic hydroxyl groups excluding tert-OH is 1. The number of ether oxygens (including phenoxy) is 1. The van der Waals surface area contributed by atoms with Crippen LogP contribution in [0.2, 0.25) is 0 Å². The van der Waals surface area contributed by atoms with Crippen molar-refractivity contribution in [1.82, 2.24) is 10.2 Å². The summed E-state index contributed by atoms with van der Waals surface area (Å²) in [6.07, 6.45) is 5.66. The predicted octanol–water partition coefficient (Wildman–Crippen LogP) is 2.52. The number of benzene rings is 1. The minimum Gasteiger partial charge on any atom is -0.389 e. The first-order valence-corrected chi connectivity index (χ1v) is 9.60. The van der Waals surface area contributed by atoms with Crippen LogP contribution in [-0.4, -0.2) is 54.9 Å².